The molecule has 9 heteroatoms. The van der Waals surface area contributed by atoms with E-state index in [0.29, 0.717) is 11.6 Å². The van der Waals surface area contributed by atoms with Gasteiger partial charge in [-0.3, -0.25) is 9.59 Å². The van der Waals surface area contributed by atoms with Crippen molar-refractivity contribution in [3.63, 3.8) is 0 Å². The van der Waals surface area contributed by atoms with Crippen molar-refractivity contribution in [3.05, 3.63) is 54.1 Å². The predicted octanol–water partition coefficient (Wildman–Crippen LogP) is 2.13. The smallest absolute Gasteiger partial charge is 0.306 e. The Kier molecular flexibility index (Phi) is 6.03. The summed E-state index contributed by atoms with van der Waals surface area (Å²) in [6.45, 7) is 1.79. The molecule has 1 aliphatic rings. The molecule has 1 saturated heterocycles. The number of benzene rings is 2. The van der Waals surface area contributed by atoms with Gasteiger partial charge >= 0.3 is 5.97 Å². The Bertz CT molecular complexity index is 1020. The molecule has 1 amide bonds. The third kappa shape index (κ3) is 5.13. The molecular weight excluding hydrogens is 396 g/mol. The summed E-state index contributed by atoms with van der Waals surface area (Å²) in [4.78, 5) is 33.0. The molecule has 9 nitrogen and oxygen atoms in total. The monoisotopic (exact) mass is 422 g/mol. The quantitative estimate of drug-likeness (QED) is 0.368. The van der Waals surface area contributed by atoms with Crippen LogP contribution in [0.2, 0.25) is 0 Å². The van der Waals surface area contributed by atoms with E-state index in [1.807, 2.05) is 36.4 Å². The molecule has 4 rings (SSSR count). The number of nitrogens with zero attached hydrogens (tertiary/aromatic N) is 2. The Hall–Kier alpha value is -3.59. The van der Waals surface area contributed by atoms with Crippen LogP contribution in [0.1, 0.15) is 29.6 Å². The summed E-state index contributed by atoms with van der Waals surface area (Å²) in [5, 5.41) is 14.7. The van der Waals surface area contributed by atoms with Gasteiger partial charge in [0.1, 0.15) is 0 Å². The number of carbonyl (C=O) groups excluding carboxylic acids is 1. The van der Waals surface area contributed by atoms with Crippen LogP contribution >= 0.6 is 0 Å². The van der Waals surface area contributed by atoms with Crippen molar-refractivity contribution in [1.29, 1.82) is 0 Å². The lowest BCUT2D eigenvalue weighted by Gasteiger charge is -2.34. The summed E-state index contributed by atoms with van der Waals surface area (Å²) in [7, 11) is 0. The van der Waals surface area contributed by atoms with Gasteiger partial charge in [0.25, 0.3) is 5.91 Å². The number of para-hydroxylation sites is 2. The van der Waals surface area contributed by atoms with Crippen molar-refractivity contribution in [3.8, 4) is 0 Å². The van der Waals surface area contributed by atoms with Crippen molar-refractivity contribution in [2.75, 3.05) is 23.3 Å². The van der Waals surface area contributed by atoms with Crippen molar-refractivity contribution in [2.45, 2.75) is 31.5 Å². The molecule has 0 saturated carbocycles. The number of carboxylic acid groups (broad SMARTS) is 1. The zero-order chi connectivity index (χ0) is 21.8. The van der Waals surface area contributed by atoms with Gasteiger partial charge in [0.2, 0.25) is 5.95 Å². The van der Waals surface area contributed by atoms with Crippen LogP contribution < -0.4 is 21.3 Å². The minimum absolute atomic E-state index is 0.319. The number of nitrogens with one attached hydrogen (secondary N) is 3. The van der Waals surface area contributed by atoms with Gasteiger partial charge in [-0.25, -0.2) is 4.98 Å². The van der Waals surface area contributed by atoms with E-state index in [4.69, 9.17) is 10.8 Å². The number of anilines is 2. The Balaban J connectivity index is 1.29. The van der Waals surface area contributed by atoms with E-state index in [9.17, 15) is 9.59 Å². The molecule has 1 aromatic heterocycles. The predicted molar refractivity (Wildman–Crippen MR) is 119 cm³/mol. The molecule has 6 N–H and O–H groups in total. The van der Waals surface area contributed by atoms with Crippen molar-refractivity contribution in [2.24, 2.45) is 5.73 Å². The maximum absolute atomic E-state index is 12.2. The van der Waals surface area contributed by atoms with Crippen molar-refractivity contribution >= 4 is 34.5 Å². The number of imidazole rings is 1. The molecular formula is C22H26N6O3. The summed E-state index contributed by atoms with van der Waals surface area (Å²) in [5.74, 6) is -0.633. The van der Waals surface area contributed by atoms with Crippen LogP contribution in [0.25, 0.3) is 11.0 Å². The summed E-state index contributed by atoms with van der Waals surface area (Å²) in [6, 6.07) is 15.6. The standard InChI is InChI=1S/C22H26N6O3/c23-19(13-20(29)30)27-21(31)14-5-7-16(8-6-14)28-11-9-15(10-12-28)24-22-25-17-3-1-2-4-18(17)26-22/h1-8,15,19H,9-13,23H2,(H,27,31)(H,29,30)(H2,24,25,26). The third-order valence-electron chi connectivity index (χ3n) is 5.43. The van der Waals surface area contributed by atoms with E-state index in [2.05, 4.69) is 25.5 Å². The number of hydrogen-bond acceptors (Lipinski definition) is 6. The lowest BCUT2D eigenvalue weighted by atomic mass is 10.0. The van der Waals surface area contributed by atoms with E-state index in [-0.39, 0.29) is 12.3 Å². The molecule has 162 valence electrons. The SMILES string of the molecule is NC(CC(=O)O)NC(=O)c1ccc(N2CCC(Nc3nc4ccccc4[nH]3)CC2)cc1. The highest BCUT2D eigenvalue weighted by Crippen LogP contribution is 2.23. The van der Waals surface area contributed by atoms with Gasteiger partial charge in [-0.05, 0) is 49.2 Å². The largest absolute Gasteiger partial charge is 0.481 e. The van der Waals surface area contributed by atoms with Crippen LogP contribution in [0, 0.1) is 0 Å². The van der Waals surface area contributed by atoms with Gasteiger partial charge in [-0.15, -0.1) is 0 Å². The van der Waals surface area contributed by atoms with Gasteiger partial charge in [-0.1, -0.05) is 12.1 Å². The topological polar surface area (TPSA) is 136 Å². The Morgan fingerprint density at radius 1 is 1.16 bits per heavy atom. The molecule has 0 spiro atoms. The number of aromatic amines is 1. The number of H-pyrrole nitrogens is 1. The molecule has 1 unspecified atom stereocenters. The summed E-state index contributed by atoms with van der Waals surface area (Å²) >= 11 is 0. The number of rotatable bonds is 7. The summed E-state index contributed by atoms with van der Waals surface area (Å²) < 4.78 is 0. The van der Waals surface area contributed by atoms with Crippen LogP contribution in [0.3, 0.4) is 0 Å². The molecule has 2 heterocycles. The number of aliphatic carboxylic acids is 1. The van der Waals surface area contributed by atoms with Crippen molar-refractivity contribution < 1.29 is 14.7 Å². The van der Waals surface area contributed by atoms with Crippen molar-refractivity contribution in [1.82, 2.24) is 15.3 Å². The normalized spacial score (nSPS) is 15.6. The lowest BCUT2D eigenvalue weighted by Crippen LogP contribution is -2.43. The number of piperidine rings is 1. The third-order valence-corrected chi connectivity index (χ3v) is 5.43. The molecule has 1 fully saturated rings. The fourth-order valence-electron chi connectivity index (χ4n) is 3.81. The fraction of sp³-hybridized carbons (Fsp3) is 0.318. The van der Waals surface area contributed by atoms with Crippen LogP contribution in [0.5, 0.6) is 0 Å². The Morgan fingerprint density at radius 2 is 1.87 bits per heavy atom. The zero-order valence-electron chi connectivity index (χ0n) is 17.0. The number of nitrogens with two attached hydrogens (primary N) is 1. The van der Waals surface area contributed by atoms with E-state index < -0.39 is 12.1 Å². The number of amides is 1. The number of carboxylic acids is 1. The zero-order valence-corrected chi connectivity index (χ0v) is 17.0. The fourth-order valence-corrected chi connectivity index (χ4v) is 3.81. The highest BCUT2D eigenvalue weighted by molar-refractivity contribution is 5.94. The first kappa shape index (κ1) is 20.7. The van der Waals surface area contributed by atoms with Crippen LogP contribution in [0.15, 0.2) is 48.5 Å². The van der Waals surface area contributed by atoms with E-state index in [1.165, 1.54) is 0 Å². The second-order valence-electron chi connectivity index (χ2n) is 7.73. The van der Waals surface area contributed by atoms with Gasteiger partial charge in [0, 0.05) is 30.4 Å². The summed E-state index contributed by atoms with van der Waals surface area (Å²) in [5.41, 5.74) is 9.09. The van der Waals surface area contributed by atoms with Crippen LogP contribution in [-0.2, 0) is 4.79 Å². The molecule has 2 aromatic carbocycles. The Morgan fingerprint density at radius 3 is 2.55 bits per heavy atom. The van der Waals surface area contributed by atoms with E-state index >= 15 is 0 Å². The first-order chi connectivity index (χ1) is 15.0. The second-order valence-corrected chi connectivity index (χ2v) is 7.73. The number of hydrogen-bond donors (Lipinski definition) is 5. The number of fused-ring (bicyclic) bond motifs is 1. The first-order valence-corrected chi connectivity index (χ1v) is 10.3. The summed E-state index contributed by atoms with van der Waals surface area (Å²) in [6.07, 6.45) is 0.718. The molecule has 1 atom stereocenters. The van der Waals surface area contributed by atoms with Gasteiger partial charge in [-0.2, -0.15) is 0 Å². The van der Waals surface area contributed by atoms with Crippen LogP contribution in [0.4, 0.5) is 11.6 Å². The molecule has 31 heavy (non-hydrogen) atoms. The molecule has 1 aliphatic heterocycles. The highest BCUT2D eigenvalue weighted by Gasteiger charge is 2.21. The molecule has 3 aromatic rings. The van der Waals surface area contributed by atoms with Gasteiger partial charge < -0.3 is 31.4 Å². The number of aromatic nitrogens is 2. The minimum Gasteiger partial charge on any atom is -0.481 e. The minimum atomic E-state index is -1.05. The Labute approximate surface area is 179 Å². The van der Waals surface area contributed by atoms with Gasteiger partial charge in [0.15, 0.2) is 0 Å². The first-order valence-electron chi connectivity index (χ1n) is 10.3. The average molecular weight is 422 g/mol. The lowest BCUT2D eigenvalue weighted by molar-refractivity contribution is -0.137. The van der Waals surface area contributed by atoms with Gasteiger partial charge in [0.05, 0.1) is 23.6 Å². The maximum atomic E-state index is 12.2. The molecule has 0 aliphatic carbocycles. The average Bonchev–Trinajstić information content (AvgIpc) is 3.16. The maximum Gasteiger partial charge on any atom is 0.306 e. The molecule has 0 bridgehead atoms. The highest BCUT2D eigenvalue weighted by atomic mass is 16.4. The van der Waals surface area contributed by atoms with E-state index in [1.54, 1.807) is 12.1 Å². The van der Waals surface area contributed by atoms with E-state index in [0.717, 1.165) is 48.6 Å². The molecule has 0 radical (unpaired) electrons. The second kappa shape index (κ2) is 9.05. The van der Waals surface area contributed by atoms with Crippen LogP contribution in [-0.4, -0.2) is 52.2 Å². The number of carbonyl (C=O) groups is 2.